The van der Waals surface area contributed by atoms with E-state index in [1.165, 1.54) is 44.1 Å². The van der Waals surface area contributed by atoms with E-state index in [1.54, 1.807) is 4.40 Å². The Hall–Kier alpha value is -2.14. The largest absolute Gasteiger partial charge is 0.324 e. The fourth-order valence-electron chi connectivity index (χ4n) is 2.21. The molecule has 1 amide bonds. The van der Waals surface area contributed by atoms with Crippen LogP contribution in [0, 0.1) is 0 Å². The number of nitrogens with one attached hydrogen (secondary N) is 1. The van der Waals surface area contributed by atoms with Crippen molar-refractivity contribution in [3.05, 3.63) is 47.6 Å². The lowest BCUT2D eigenvalue weighted by atomic mass is 10.3. The Morgan fingerprint density at radius 3 is 2.78 bits per heavy atom. The first-order valence-electron chi connectivity index (χ1n) is 7.73. The fourth-order valence-corrected chi connectivity index (χ4v) is 4.02. The maximum atomic E-state index is 12.3. The van der Waals surface area contributed by atoms with Gasteiger partial charge in [0.15, 0.2) is 10.8 Å². The predicted molar refractivity (Wildman–Crippen MR) is 105 cm³/mol. The summed E-state index contributed by atoms with van der Waals surface area (Å²) in [4.78, 5) is 12.3. The second-order valence-electron chi connectivity index (χ2n) is 5.68. The van der Waals surface area contributed by atoms with Crippen LogP contribution in [-0.4, -0.2) is 53.1 Å². The first-order chi connectivity index (χ1) is 12.8. The van der Waals surface area contributed by atoms with Crippen molar-refractivity contribution in [1.82, 2.24) is 18.9 Å². The minimum absolute atomic E-state index is 0.0447. The van der Waals surface area contributed by atoms with Crippen LogP contribution < -0.4 is 5.32 Å². The molecule has 0 atom stereocenters. The highest BCUT2D eigenvalue weighted by molar-refractivity contribution is 7.99. The van der Waals surface area contributed by atoms with Crippen LogP contribution >= 0.6 is 23.4 Å². The minimum Gasteiger partial charge on any atom is -0.324 e. The van der Waals surface area contributed by atoms with Crippen LogP contribution in [0.15, 0.2) is 52.6 Å². The van der Waals surface area contributed by atoms with Crippen LogP contribution in [0.3, 0.4) is 0 Å². The molecule has 0 radical (unpaired) electrons. The van der Waals surface area contributed by atoms with E-state index in [2.05, 4.69) is 15.5 Å². The van der Waals surface area contributed by atoms with Gasteiger partial charge < -0.3 is 5.32 Å². The molecule has 0 aliphatic rings. The normalized spacial score (nSPS) is 11.9. The number of nitrogens with zero attached hydrogens (tertiary/aromatic N) is 4. The molecule has 0 unspecified atom stereocenters. The molecule has 0 fully saturated rings. The number of fused-ring (bicyclic) bond motifs is 1. The van der Waals surface area contributed by atoms with Gasteiger partial charge in [0, 0.05) is 20.3 Å². The average molecular weight is 426 g/mol. The summed E-state index contributed by atoms with van der Waals surface area (Å²) < 4.78 is 27.3. The summed E-state index contributed by atoms with van der Waals surface area (Å²) in [6, 6.07) is 9.68. The van der Waals surface area contributed by atoms with E-state index in [0.29, 0.717) is 10.8 Å². The van der Waals surface area contributed by atoms with Crippen molar-refractivity contribution in [1.29, 1.82) is 0 Å². The molecule has 2 aromatic heterocycles. The van der Waals surface area contributed by atoms with Gasteiger partial charge in [-0.25, -0.2) is 12.7 Å². The first kappa shape index (κ1) is 19.6. The number of halogens is 1. The van der Waals surface area contributed by atoms with E-state index in [9.17, 15) is 13.2 Å². The lowest BCUT2D eigenvalue weighted by Crippen LogP contribution is -2.22. The molecule has 0 saturated heterocycles. The van der Waals surface area contributed by atoms with E-state index < -0.39 is 10.0 Å². The highest BCUT2D eigenvalue weighted by atomic mass is 35.5. The monoisotopic (exact) mass is 425 g/mol. The zero-order chi connectivity index (χ0) is 19.6. The Bertz CT molecular complexity index is 1100. The zero-order valence-electron chi connectivity index (χ0n) is 14.5. The molecule has 3 rings (SSSR count). The van der Waals surface area contributed by atoms with Gasteiger partial charge in [-0.3, -0.25) is 9.20 Å². The maximum absolute atomic E-state index is 12.3. The summed E-state index contributed by atoms with van der Waals surface area (Å²) in [5.41, 5.74) is 0.918. The molecule has 0 aliphatic carbocycles. The fraction of sp³-hybridized carbons (Fsp3) is 0.188. The number of amides is 1. The van der Waals surface area contributed by atoms with Gasteiger partial charge in [0.1, 0.15) is 0 Å². The van der Waals surface area contributed by atoms with Crippen molar-refractivity contribution in [3.8, 4) is 0 Å². The van der Waals surface area contributed by atoms with Crippen molar-refractivity contribution >= 4 is 50.6 Å². The third-order valence-electron chi connectivity index (χ3n) is 3.61. The zero-order valence-corrected chi connectivity index (χ0v) is 16.8. The Labute approximate surface area is 165 Å². The minimum atomic E-state index is -3.63. The van der Waals surface area contributed by atoms with Crippen molar-refractivity contribution in [2.24, 2.45) is 0 Å². The van der Waals surface area contributed by atoms with Gasteiger partial charge in [0.05, 0.1) is 21.4 Å². The number of aromatic nitrogens is 3. The quantitative estimate of drug-likeness (QED) is 0.609. The number of benzene rings is 1. The number of hydrogen-bond acceptors (Lipinski definition) is 6. The van der Waals surface area contributed by atoms with Gasteiger partial charge >= 0.3 is 0 Å². The molecule has 1 N–H and O–H groups in total. The number of hydrogen-bond donors (Lipinski definition) is 1. The second kappa shape index (κ2) is 7.85. The number of pyridine rings is 1. The molecule has 0 spiro atoms. The van der Waals surface area contributed by atoms with Crippen molar-refractivity contribution in [3.63, 3.8) is 0 Å². The summed E-state index contributed by atoms with van der Waals surface area (Å²) in [6.07, 6.45) is 1.81. The smallest absolute Gasteiger partial charge is 0.242 e. The number of carbonyl (C=O) groups excluding carboxylic acids is 1. The van der Waals surface area contributed by atoms with Crippen molar-refractivity contribution in [2.45, 2.75) is 10.1 Å². The Morgan fingerprint density at radius 1 is 1.26 bits per heavy atom. The second-order valence-corrected chi connectivity index (χ2v) is 9.18. The Balaban J connectivity index is 1.72. The highest BCUT2D eigenvalue weighted by Crippen LogP contribution is 2.27. The average Bonchev–Trinajstić information content (AvgIpc) is 3.05. The first-order valence-corrected chi connectivity index (χ1v) is 10.5. The summed E-state index contributed by atoms with van der Waals surface area (Å²) in [5.74, 6) is -0.273. The van der Waals surface area contributed by atoms with E-state index in [4.69, 9.17) is 11.6 Å². The number of rotatable bonds is 6. The number of sulfonamides is 1. The van der Waals surface area contributed by atoms with Crippen LogP contribution in [0.4, 0.5) is 5.69 Å². The third-order valence-corrected chi connectivity index (χ3v) is 6.69. The van der Waals surface area contributed by atoms with Crippen LogP contribution in [0.5, 0.6) is 0 Å². The number of anilines is 1. The lowest BCUT2D eigenvalue weighted by Gasteiger charge is -2.13. The molecule has 8 nitrogen and oxygen atoms in total. The standard InChI is InChI=1S/C16H16ClN5O3S2/c1-21(2)27(24,25)11-6-7-12(17)13(9-11)18-15(23)10-26-16-20-19-14-5-3-4-8-22(14)16/h3-9H,10H2,1-2H3,(H,18,23). The van der Waals surface area contributed by atoms with E-state index in [1.807, 2.05) is 24.4 Å². The van der Waals surface area contributed by atoms with E-state index in [0.717, 1.165) is 4.31 Å². The molecule has 2 heterocycles. The van der Waals surface area contributed by atoms with Gasteiger partial charge in [-0.1, -0.05) is 29.4 Å². The molecule has 27 heavy (non-hydrogen) atoms. The number of carbonyl (C=O) groups is 1. The van der Waals surface area contributed by atoms with Gasteiger partial charge in [-0.15, -0.1) is 10.2 Å². The van der Waals surface area contributed by atoms with Gasteiger partial charge in [-0.05, 0) is 30.3 Å². The molecule has 0 saturated carbocycles. The lowest BCUT2D eigenvalue weighted by molar-refractivity contribution is -0.113. The summed E-state index contributed by atoms with van der Waals surface area (Å²) >= 11 is 7.30. The SMILES string of the molecule is CN(C)S(=O)(=O)c1ccc(Cl)c(NC(=O)CSc2nnc3ccccn23)c1. The third kappa shape index (κ3) is 4.24. The molecule has 11 heteroatoms. The topological polar surface area (TPSA) is 96.7 Å². The van der Waals surface area contributed by atoms with Gasteiger partial charge in [0.2, 0.25) is 15.9 Å². The Morgan fingerprint density at radius 2 is 2.04 bits per heavy atom. The molecule has 1 aromatic carbocycles. The van der Waals surface area contributed by atoms with E-state index in [-0.39, 0.29) is 27.3 Å². The van der Waals surface area contributed by atoms with Crippen LogP contribution in [0.2, 0.25) is 5.02 Å². The molecule has 3 aromatic rings. The highest BCUT2D eigenvalue weighted by Gasteiger charge is 2.19. The molecular weight excluding hydrogens is 410 g/mol. The van der Waals surface area contributed by atoms with Crippen LogP contribution in [0.1, 0.15) is 0 Å². The maximum Gasteiger partial charge on any atom is 0.242 e. The van der Waals surface area contributed by atoms with Crippen molar-refractivity contribution < 1.29 is 13.2 Å². The van der Waals surface area contributed by atoms with Gasteiger partial charge in [-0.2, -0.15) is 0 Å². The van der Waals surface area contributed by atoms with E-state index >= 15 is 0 Å². The molecule has 0 aliphatic heterocycles. The van der Waals surface area contributed by atoms with Gasteiger partial charge in [0.25, 0.3) is 0 Å². The van der Waals surface area contributed by atoms with Crippen molar-refractivity contribution in [2.75, 3.05) is 25.2 Å². The molecule has 142 valence electrons. The summed E-state index contributed by atoms with van der Waals surface area (Å²) in [6.45, 7) is 0. The summed E-state index contributed by atoms with van der Waals surface area (Å²) in [5, 5.41) is 11.5. The predicted octanol–water partition coefficient (Wildman–Crippen LogP) is 2.36. The molecule has 0 bridgehead atoms. The molecular formula is C16H16ClN5O3S2. The Kier molecular flexibility index (Phi) is 5.70. The van der Waals surface area contributed by atoms with Crippen LogP contribution in [0.25, 0.3) is 5.65 Å². The van der Waals surface area contributed by atoms with Crippen LogP contribution in [-0.2, 0) is 14.8 Å². The number of thioether (sulfide) groups is 1. The summed E-state index contributed by atoms with van der Waals surface area (Å²) in [7, 11) is -0.763.